The van der Waals surface area contributed by atoms with Crippen molar-refractivity contribution in [3.8, 4) is 22.3 Å². The van der Waals surface area contributed by atoms with E-state index in [1.54, 1.807) is 0 Å². The summed E-state index contributed by atoms with van der Waals surface area (Å²) in [6, 6.07) is 47.8. The summed E-state index contributed by atoms with van der Waals surface area (Å²) in [5.41, 5.74) is 6.59. The fraction of sp³-hybridized carbons (Fsp3) is 0. The number of hydrogen-bond acceptors (Lipinski definition) is 1. The van der Waals surface area contributed by atoms with Gasteiger partial charge in [-0.3, -0.25) is 0 Å². The van der Waals surface area contributed by atoms with E-state index >= 15 is 0 Å². The fourth-order valence-corrected chi connectivity index (χ4v) is 6.01. The Morgan fingerprint density at radius 2 is 0.946 bits per heavy atom. The second-order valence-corrected chi connectivity index (χ2v) is 9.68. The van der Waals surface area contributed by atoms with Gasteiger partial charge in [0.1, 0.15) is 11.2 Å². The molecule has 8 rings (SSSR count). The molecule has 0 aliphatic rings. The highest BCUT2D eigenvalue weighted by atomic mass is 16.3. The molecule has 1 nitrogen and oxygen atoms in total. The predicted molar refractivity (Wildman–Crippen MR) is 157 cm³/mol. The average molecular weight is 471 g/mol. The lowest BCUT2D eigenvalue weighted by Crippen LogP contribution is -1.90. The van der Waals surface area contributed by atoms with Crippen molar-refractivity contribution in [3.63, 3.8) is 0 Å². The van der Waals surface area contributed by atoms with Gasteiger partial charge in [-0.1, -0.05) is 115 Å². The van der Waals surface area contributed by atoms with Crippen LogP contribution in [0.15, 0.2) is 138 Å². The molecule has 0 saturated carbocycles. The molecule has 1 heterocycles. The molecule has 1 aromatic heterocycles. The van der Waals surface area contributed by atoms with Gasteiger partial charge < -0.3 is 4.42 Å². The molecule has 172 valence electrons. The van der Waals surface area contributed by atoms with Crippen LogP contribution in [-0.4, -0.2) is 0 Å². The molecule has 0 amide bonds. The Balaban J connectivity index is 1.57. The first kappa shape index (κ1) is 20.3. The van der Waals surface area contributed by atoms with Crippen LogP contribution in [0.3, 0.4) is 0 Å². The molecule has 0 aliphatic heterocycles. The van der Waals surface area contributed by atoms with Gasteiger partial charge in [0.05, 0.1) is 0 Å². The number of rotatable bonds is 2. The summed E-state index contributed by atoms with van der Waals surface area (Å²) in [5, 5.41) is 9.98. The molecule has 0 bridgehead atoms. The van der Waals surface area contributed by atoms with Crippen molar-refractivity contribution >= 4 is 54.3 Å². The van der Waals surface area contributed by atoms with Crippen LogP contribution < -0.4 is 0 Å². The summed E-state index contributed by atoms with van der Waals surface area (Å²) in [4.78, 5) is 0. The van der Waals surface area contributed by atoms with Crippen molar-refractivity contribution in [2.45, 2.75) is 0 Å². The van der Waals surface area contributed by atoms with Crippen LogP contribution >= 0.6 is 0 Å². The first-order valence-electron chi connectivity index (χ1n) is 12.7. The average Bonchev–Trinajstić information content (AvgIpc) is 3.36. The quantitative estimate of drug-likeness (QED) is 0.229. The van der Waals surface area contributed by atoms with E-state index in [2.05, 4.69) is 127 Å². The fourth-order valence-electron chi connectivity index (χ4n) is 6.01. The molecule has 0 N–H and O–H groups in total. The number of para-hydroxylation sites is 2. The molecule has 0 spiro atoms. The zero-order valence-corrected chi connectivity index (χ0v) is 20.1. The molecule has 0 radical (unpaired) electrons. The standard InChI is InChI=1S/C36H22O/c1-2-11-23(12-3-1)32-21-24(25-18-10-19-31-29-16-8-9-20-34(29)37-36(25)31)22-33-28-15-5-4-13-26(28)27-14-6-7-17-30(27)35(32)33/h1-22H. The van der Waals surface area contributed by atoms with Crippen molar-refractivity contribution in [1.29, 1.82) is 0 Å². The Labute approximate surface area is 214 Å². The maximum atomic E-state index is 6.45. The van der Waals surface area contributed by atoms with E-state index in [4.69, 9.17) is 4.42 Å². The monoisotopic (exact) mass is 470 g/mol. The highest BCUT2D eigenvalue weighted by molar-refractivity contribution is 6.29. The highest BCUT2D eigenvalue weighted by Crippen LogP contribution is 2.44. The van der Waals surface area contributed by atoms with Gasteiger partial charge in [-0.2, -0.15) is 0 Å². The maximum Gasteiger partial charge on any atom is 0.143 e. The van der Waals surface area contributed by atoms with E-state index in [-0.39, 0.29) is 0 Å². The second kappa shape index (κ2) is 7.81. The summed E-state index contributed by atoms with van der Waals surface area (Å²) in [7, 11) is 0. The molecule has 7 aromatic carbocycles. The van der Waals surface area contributed by atoms with Crippen LogP contribution in [0.5, 0.6) is 0 Å². The minimum atomic E-state index is 0.922. The number of hydrogen-bond donors (Lipinski definition) is 0. The summed E-state index contributed by atoms with van der Waals surface area (Å²) in [6.45, 7) is 0. The van der Waals surface area contributed by atoms with Gasteiger partial charge in [0, 0.05) is 16.3 Å². The summed E-state index contributed by atoms with van der Waals surface area (Å²) in [6.07, 6.45) is 0. The Hall–Kier alpha value is -4.88. The predicted octanol–water partition coefficient (Wildman–Crippen LogP) is 10.4. The maximum absolute atomic E-state index is 6.45. The highest BCUT2D eigenvalue weighted by Gasteiger charge is 2.17. The normalized spacial score (nSPS) is 11.8. The van der Waals surface area contributed by atoms with E-state index in [9.17, 15) is 0 Å². The van der Waals surface area contributed by atoms with Crippen molar-refractivity contribution in [1.82, 2.24) is 0 Å². The number of benzene rings is 7. The minimum absolute atomic E-state index is 0.922. The largest absolute Gasteiger partial charge is 0.455 e. The number of furan rings is 1. The molecule has 0 atom stereocenters. The summed E-state index contributed by atoms with van der Waals surface area (Å²) < 4.78 is 6.45. The molecular weight excluding hydrogens is 448 g/mol. The van der Waals surface area contributed by atoms with Crippen LogP contribution in [-0.2, 0) is 0 Å². The van der Waals surface area contributed by atoms with E-state index in [0.29, 0.717) is 0 Å². The number of fused-ring (bicyclic) bond motifs is 9. The van der Waals surface area contributed by atoms with Crippen molar-refractivity contribution in [3.05, 3.63) is 133 Å². The molecular formula is C36H22O. The van der Waals surface area contributed by atoms with Gasteiger partial charge in [0.25, 0.3) is 0 Å². The Kier molecular flexibility index (Phi) is 4.29. The van der Waals surface area contributed by atoms with Gasteiger partial charge in [0.2, 0.25) is 0 Å². The molecule has 0 unspecified atom stereocenters. The minimum Gasteiger partial charge on any atom is -0.455 e. The van der Waals surface area contributed by atoms with Crippen molar-refractivity contribution in [2.75, 3.05) is 0 Å². The van der Waals surface area contributed by atoms with Gasteiger partial charge in [-0.15, -0.1) is 0 Å². The molecule has 8 aromatic rings. The molecule has 1 heteroatoms. The molecule has 0 fully saturated rings. The Morgan fingerprint density at radius 3 is 1.73 bits per heavy atom. The smallest absolute Gasteiger partial charge is 0.143 e. The zero-order chi connectivity index (χ0) is 24.3. The van der Waals surface area contributed by atoms with Gasteiger partial charge >= 0.3 is 0 Å². The Bertz CT molecular complexity index is 2130. The molecule has 0 aliphatic carbocycles. The molecule has 37 heavy (non-hydrogen) atoms. The Morgan fingerprint density at radius 1 is 0.351 bits per heavy atom. The van der Waals surface area contributed by atoms with Crippen LogP contribution in [0.1, 0.15) is 0 Å². The first-order valence-corrected chi connectivity index (χ1v) is 12.7. The lowest BCUT2D eigenvalue weighted by atomic mass is 9.86. The van der Waals surface area contributed by atoms with E-state index < -0.39 is 0 Å². The van der Waals surface area contributed by atoms with Crippen LogP contribution in [0.2, 0.25) is 0 Å². The third-order valence-corrected chi connectivity index (χ3v) is 7.64. The second-order valence-electron chi connectivity index (χ2n) is 9.68. The topological polar surface area (TPSA) is 13.1 Å². The van der Waals surface area contributed by atoms with E-state index in [1.165, 1.54) is 43.4 Å². The summed E-state index contributed by atoms with van der Waals surface area (Å²) in [5.74, 6) is 0. The summed E-state index contributed by atoms with van der Waals surface area (Å²) >= 11 is 0. The molecule has 0 saturated heterocycles. The van der Waals surface area contributed by atoms with Gasteiger partial charge in [0.15, 0.2) is 0 Å². The van der Waals surface area contributed by atoms with E-state index in [1.807, 2.05) is 6.07 Å². The van der Waals surface area contributed by atoms with Crippen LogP contribution in [0.25, 0.3) is 76.5 Å². The van der Waals surface area contributed by atoms with Crippen LogP contribution in [0.4, 0.5) is 0 Å². The van der Waals surface area contributed by atoms with Gasteiger partial charge in [-0.05, 0) is 67.2 Å². The van der Waals surface area contributed by atoms with Crippen LogP contribution in [0, 0.1) is 0 Å². The van der Waals surface area contributed by atoms with E-state index in [0.717, 1.165) is 33.1 Å². The lowest BCUT2D eigenvalue weighted by Gasteiger charge is -2.17. The van der Waals surface area contributed by atoms with Crippen molar-refractivity contribution < 1.29 is 4.42 Å². The zero-order valence-electron chi connectivity index (χ0n) is 20.1. The third kappa shape index (κ3) is 2.98. The first-order chi connectivity index (χ1) is 18.4. The van der Waals surface area contributed by atoms with Gasteiger partial charge in [-0.25, -0.2) is 0 Å². The van der Waals surface area contributed by atoms with Crippen molar-refractivity contribution in [2.24, 2.45) is 0 Å². The third-order valence-electron chi connectivity index (χ3n) is 7.64. The SMILES string of the molecule is c1ccc(-c2cc(-c3cccc4c3oc3ccccc34)cc3c4ccccc4c4ccccc4c23)cc1. The lowest BCUT2D eigenvalue weighted by molar-refractivity contribution is 0.670.